The van der Waals surface area contributed by atoms with Crippen molar-refractivity contribution < 1.29 is 4.39 Å². The zero-order chi connectivity index (χ0) is 9.90. The molecule has 0 atom stereocenters. The molecule has 1 nitrogen and oxygen atoms in total. The molecule has 13 heavy (non-hydrogen) atoms. The Hall–Kier alpha value is -0.540. The Kier molecular flexibility index (Phi) is 3.33. The van der Waals surface area contributed by atoms with E-state index in [9.17, 15) is 4.39 Å². The van der Waals surface area contributed by atoms with Gasteiger partial charge in [-0.25, -0.2) is 4.39 Å². The molecule has 0 aromatic heterocycles. The summed E-state index contributed by atoms with van der Waals surface area (Å²) in [5, 5.41) is 3.17. The van der Waals surface area contributed by atoms with Gasteiger partial charge in [-0.05, 0) is 45.2 Å². The first-order chi connectivity index (χ1) is 6.03. The molecule has 0 aliphatic rings. The molecule has 1 rings (SSSR count). The van der Waals surface area contributed by atoms with E-state index in [4.69, 9.17) is 0 Å². The Morgan fingerprint density at radius 1 is 1.23 bits per heavy atom. The number of benzene rings is 1. The highest BCUT2D eigenvalue weighted by Crippen LogP contribution is 2.29. The number of rotatable bonds is 3. The highest BCUT2D eigenvalue weighted by atomic mass is 32.2. The molecule has 0 saturated carbocycles. The maximum atomic E-state index is 12.6. The van der Waals surface area contributed by atoms with Crippen LogP contribution >= 0.6 is 11.8 Å². The molecule has 0 bridgehead atoms. The van der Waals surface area contributed by atoms with Crippen molar-refractivity contribution in [1.82, 2.24) is 5.32 Å². The van der Waals surface area contributed by atoms with Crippen LogP contribution in [0, 0.1) is 5.82 Å². The first kappa shape index (κ1) is 10.5. The molecular formula is C10H14FNS. The van der Waals surface area contributed by atoms with E-state index in [1.54, 1.807) is 23.9 Å². The van der Waals surface area contributed by atoms with Gasteiger partial charge in [-0.1, -0.05) is 0 Å². The van der Waals surface area contributed by atoms with Crippen LogP contribution in [-0.4, -0.2) is 11.9 Å². The summed E-state index contributed by atoms with van der Waals surface area (Å²) in [6.07, 6.45) is 0. The lowest BCUT2D eigenvalue weighted by Crippen LogP contribution is -2.31. The van der Waals surface area contributed by atoms with Gasteiger partial charge in [0, 0.05) is 4.90 Å². The molecule has 1 N–H and O–H groups in total. The van der Waals surface area contributed by atoms with Gasteiger partial charge in [0.25, 0.3) is 0 Å². The summed E-state index contributed by atoms with van der Waals surface area (Å²) in [5.41, 5.74) is 0. The topological polar surface area (TPSA) is 12.0 Å². The molecule has 1 aromatic carbocycles. The SMILES string of the molecule is CNC(C)(C)Sc1ccc(F)cc1. The average molecular weight is 199 g/mol. The van der Waals surface area contributed by atoms with Gasteiger partial charge >= 0.3 is 0 Å². The van der Waals surface area contributed by atoms with E-state index >= 15 is 0 Å². The van der Waals surface area contributed by atoms with Gasteiger partial charge in [0.1, 0.15) is 5.82 Å². The minimum atomic E-state index is -0.188. The summed E-state index contributed by atoms with van der Waals surface area (Å²) in [5.74, 6) is -0.188. The Morgan fingerprint density at radius 2 is 1.77 bits per heavy atom. The third kappa shape index (κ3) is 3.36. The predicted molar refractivity (Wildman–Crippen MR) is 55.4 cm³/mol. The van der Waals surface area contributed by atoms with Gasteiger partial charge in [0.05, 0.1) is 4.87 Å². The molecule has 0 heterocycles. The molecule has 0 amide bonds. The van der Waals surface area contributed by atoms with Crippen molar-refractivity contribution in [2.45, 2.75) is 23.6 Å². The largest absolute Gasteiger partial charge is 0.306 e. The number of thioether (sulfide) groups is 1. The Balaban J connectivity index is 2.69. The summed E-state index contributed by atoms with van der Waals surface area (Å²) in [4.78, 5) is 1.05. The minimum Gasteiger partial charge on any atom is -0.306 e. The van der Waals surface area contributed by atoms with Crippen molar-refractivity contribution in [1.29, 1.82) is 0 Å². The van der Waals surface area contributed by atoms with E-state index in [-0.39, 0.29) is 10.7 Å². The third-order valence-corrected chi connectivity index (χ3v) is 3.01. The molecule has 0 saturated heterocycles. The maximum absolute atomic E-state index is 12.6. The fourth-order valence-corrected chi connectivity index (χ4v) is 1.81. The minimum absolute atomic E-state index is 0.0160. The molecule has 0 fully saturated rings. The normalized spacial score (nSPS) is 11.7. The van der Waals surface area contributed by atoms with E-state index < -0.39 is 0 Å². The van der Waals surface area contributed by atoms with Gasteiger partial charge in [-0.15, -0.1) is 11.8 Å². The Morgan fingerprint density at radius 3 is 2.23 bits per heavy atom. The summed E-state index contributed by atoms with van der Waals surface area (Å²) >= 11 is 1.68. The second-order valence-electron chi connectivity index (χ2n) is 3.32. The second kappa shape index (κ2) is 4.11. The van der Waals surface area contributed by atoms with Crippen LogP contribution in [0.4, 0.5) is 4.39 Å². The van der Waals surface area contributed by atoms with Crippen LogP contribution in [-0.2, 0) is 0 Å². The van der Waals surface area contributed by atoms with Crippen LogP contribution in [0.3, 0.4) is 0 Å². The van der Waals surface area contributed by atoms with E-state index in [0.717, 1.165) is 4.90 Å². The van der Waals surface area contributed by atoms with Crippen LogP contribution in [0.15, 0.2) is 29.2 Å². The first-order valence-corrected chi connectivity index (χ1v) is 4.99. The van der Waals surface area contributed by atoms with Crippen molar-refractivity contribution in [2.24, 2.45) is 0 Å². The van der Waals surface area contributed by atoms with Gasteiger partial charge < -0.3 is 5.32 Å². The zero-order valence-corrected chi connectivity index (χ0v) is 8.91. The van der Waals surface area contributed by atoms with Crippen LogP contribution in [0.5, 0.6) is 0 Å². The van der Waals surface area contributed by atoms with Crippen LogP contribution in [0.1, 0.15) is 13.8 Å². The standard InChI is InChI=1S/C10H14FNS/c1-10(2,12-3)13-9-6-4-8(11)5-7-9/h4-7,12H,1-3H3. The first-order valence-electron chi connectivity index (χ1n) is 4.17. The van der Waals surface area contributed by atoms with Gasteiger partial charge in [-0.3, -0.25) is 0 Å². The lowest BCUT2D eigenvalue weighted by atomic mass is 10.3. The van der Waals surface area contributed by atoms with Crippen LogP contribution in [0.2, 0.25) is 0 Å². The van der Waals surface area contributed by atoms with Crippen LogP contribution < -0.4 is 5.32 Å². The molecule has 0 spiro atoms. The number of hydrogen-bond acceptors (Lipinski definition) is 2. The third-order valence-electron chi connectivity index (χ3n) is 1.79. The van der Waals surface area contributed by atoms with Gasteiger partial charge in [0.2, 0.25) is 0 Å². The highest BCUT2D eigenvalue weighted by molar-refractivity contribution is 8.00. The smallest absolute Gasteiger partial charge is 0.123 e. The molecule has 72 valence electrons. The van der Waals surface area contributed by atoms with Crippen molar-refractivity contribution in [3.8, 4) is 0 Å². The summed E-state index contributed by atoms with van der Waals surface area (Å²) < 4.78 is 12.6. The molecular weight excluding hydrogens is 185 g/mol. The average Bonchev–Trinajstić information content (AvgIpc) is 2.09. The Labute approximate surface area is 82.7 Å². The molecule has 0 unspecified atom stereocenters. The van der Waals surface area contributed by atoms with Crippen LogP contribution in [0.25, 0.3) is 0 Å². The zero-order valence-electron chi connectivity index (χ0n) is 8.10. The molecule has 0 radical (unpaired) electrons. The lowest BCUT2D eigenvalue weighted by molar-refractivity contribution is 0.608. The number of hydrogen-bond donors (Lipinski definition) is 1. The molecule has 0 aliphatic carbocycles. The van der Waals surface area contributed by atoms with Crippen molar-refractivity contribution in [2.75, 3.05) is 7.05 Å². The van der Waals surface area contributed by atoms with Crippen molar-refractivity contribution >= 4 is 11.8 Å². The van der Waals surface area contributed by atoms with Gasteiger partial charge in [0.15, 0.2) is 0 Å². The summed E-state index contributed by atoms with van der Waals surface area (Å²) in [6, 6.07) is 6.54. The fraction of sp³-hybridized carbons (Fsp3) is 0.400. The highest BCUT2D eigenvalue weighted by Gasteiger charge is 2.15. The van der Waals surface area contributed by atoms with Gasteiger partial charge in [-0.2, -0.15) is 0 Å². The predicted octanol–water partition coefficient (Wildman–Crippen LogP) is 2.87. The molecule has 1 aromatic rings. The second-order valence-corrected chi connectivity index (χ2v) is 5.01. The van der Waals surface area contributed by atoms with Crippen molar-refractivity contribution in [3.05, 3.63) is 30.1 Å². The fourth-order valence-electron chi connectivity index (χ4n) is 0.848. The lowest BCUT2D eigenvalue weighted by Gasteiger charge is -2.22. The maximum Gasteiger partial charge on any atom is 0.123 e. The quantitative estimate of drug-likeness (QED) is 0.593. The number of halogens is 1. The molecule has 0 aliphatic heterocycles. The molecule has 3 heteroatoms. The van der Waals surface area contributed by atoms with Crippen molar-refractivity contribution in [3.63, 3.8) is 0 Å². The van der Waals surface area contributed by atoms with E-state index in [0.29, 0.717) is 0 Å². The summed E-state index contributed by atoms with van der Waals surface area (Å²) in [6.45, 7) is 4.17. The van der Waals surface area contributed by atoms with E-state index in [1.807, 2.05) is 7.05 Å². The van der Waals surface area contributed by atoms with E-state index in [1.165, 1.54) is 12.1 Å². The Bertz CT molecular complexity index is 269. The monoisotopic (exact) mass is 199 g/mol. The summed E-state index contributed by atoms with van der Waals surface area (Å²) in [7, 11) is 1.91. The number of nitrogens with one attached hydrogen (secondary N) is 1. The van der Waals surface area contributed by atoms with E-state index in [2.05, 4.69) is 19.2 Å².